The van der Waals surface area contributed by atoms with E-state index in [-0.39, 0.29) is 12.6 Å². The van der Waals surface area contributed by atoms with Crippen LogP contribution in [-0.2, 0) is 21.0 Å². The number of carbonyl (C=O) groups is 1. The smallest absolute Gasteiger partial charge is 0.338 e. The Labute approximate surface area is 173 Å². The maximum atomic E-state index is 12.3. The number of unbranched alkanes of at least 4 members (excludes halogenated alkanes) is 1. The molecule has 0 spiro atoms. The van der Waals surface area contributed by atoms with E-state index in [1.54, 1.807) is 0 Å². The number of hydrogen-bond donors (Lipinski definition) is 0. The minimum atomic E-state index is -0.354. The number of benzene rings is 2. The number of rotatable bonds is 8. The molecule has 2 aromatic rings. The van der Waals surface area contributed by atoms with E-state index in [4.69, 9.17) is 16.0 Å². The SMILES string of the molecule is C#Cc1ccccc1/C(C)=N/OCc1c(C)cccc1/C(=C/CCC)C(=O)OC. The lowest BCUT2D eigenvalue weighted by atomic mass is 9.95. The molecule has 0 radical (unpaired) electrons. The van der Waals surface area contributed by atoms with Gasteiger partial charge in [0.05, 0.1) is 18.4 Å². The molecule has 0 bridgehead atoms. The van der Waals surface area contributed by atoms with E-state index in [2.05, 4.69) is 18.0 Å². The van der Waals surface area contributed by atoms with E-state index >= 15 is 0 Å². The van der Waals surface area contributed by atoms with Crippen LogP contribution in [0.5, 0.6) is 0 Å². The van der Waals surface area contributed by atoms with Crippen LogP contribution in [0.25, 0.3) is 5.57 Å². The summed E-state index contributed by atoms with van der Waals surface area (Å²) in [5, 5.41) is 4.25. The molecule has 150 valence electrons. The molecule has 0 unspecified atom stereocenters. The first kappa shape index (κ1) is 22.0. The first-order valence-electron chi connectivity index (χ1n) is 9.63. The molecule has 0 aliphatic carbocycles. The number of oxime groups is 1. The molecule has 4 heteroatoms. The van der Waals surface area contributed by atoms with Gasteiger partial charge in [-0.05, 0) is 37.5 Å². The van der Waals surface area contributed by atoms with Crippen molar-refractivity contribution in [3.63, 3.8) is 0 Å². The number of carbonyl (C=O) groups excluding carboxylic acids is 1. The summed E-state index contributed by atoms with van der Waals surface area (Å²) in [6, 6.07) is 13.4. The van der Waals surface area contributed by atoms with Gasteiger partial charge in [-0.3, -0.25) is 0 Å². The summed E-state index contributed by atoms with van der Waals surface area (Å²) in [4.78, 5) is 18.0. The Hall–Kier alpha value is -3.32. The molecule has 0 saturated heterocycles. The zero-order valence-corrected chi connectivity index (χ0v) is 17.5. The molecule has 0 aliphatic rings. The van der Waals surface area contributed by atoms with Crippen LogP contribution in [0.1, 0.15) is 54.5 Å². The van der Waals surface area contributed by atoms with Gasteiger partial charge in [0, 0.05) is 16.7 Å². The van der Waals surface area contributed by atoms with E-state index in [0.717, 1.165) is 40.7 Å². The van der Waals surface area contributed by atoms with Crippen molar-refractivity contribution in [3.8, 4) is 12.3 Å². The minimum absolute atomic E-state index is 0.234. The predicted octanol–water partition coefficient (Wildman–Crippen LogP) is 5.27. The number of nitrogens with zero attached hydrogens (tertiary/aromatic N) is 1. The maximum absolute atomic E-state index is 12.3. The van der Waals surface area contributed by atoms with Crippen LogP contribution < -0.4 is 0 Å². The van der Waals surface area contributed by atoms with Crippen LogP contribution in [0.4, 0.5) is 0 Å². The number of terminal acetylenes is 1. The summed E-state index contributed by atoms with van der Waals surface area (Å²) in [6.45, 7) is 6.15. The first-order chi connectivity index (χ1) is 14.0. The Morgan fingerprint density at radius 1 is 1.17 bits per heavy atom. The molecule has 0 heterocycles. The van der Waals surface area contributed by atoms with Crippen LogP contribution in [0.2, 0.25) is 0 Å². The van der Waals surface area contributed by atoms with Crippen molar-refractivity contribution in [3.05, 3.63) is 76.4 Å². The molecule has 0 aliphatic heterocycles. The number of hydrogen-bond acceptors (Lipinski definition) is 4. The summed E-state index contributed by atoms with van der Waals surface area (Å²) in [7, 11) is 1.39. The summed E-state index contributed by atoms with van der Waals surface area (Å²) in [5.41, 5.74) is 5.61. The van der Waals surface area contributed by atoms with Crippen molar-refractivity contribution in [1.29, 1.82) is 0 Å². The highest BCUT2D eigenvalue weighted by Gasteiger charge is 2.17. The Balaban J connectivity index is 2.32. The Bertz CT molecular complexity index is 964. The predicted molar refractivity (Wildman–Crippen MR) is 117 cm³/mol. The largest absolute Gasteiger partial charge is 0.465 e. The quantitative estimate of drug-likeness (QED) is 0.203. The van der Waals surface area contributed by atoms with Gasteiger partial charge in [-0.25, -0.2) is 4.79 Å². The van der Waals surface area contributed by atoms with Crippen molar-refractivity contribution in [2.45, 2.75) is 40.2 Å². The second-order valence-electron chi connectivity index (χ2n) is 6.64. The summed E-state index contributed by atoms with van der Waals surface area (Å²) in [5.74, 6) is 2.31. The lowest BCUT2D eigenvalue weighted by Gasteiger charge is -2.14. The highest BCUT2D eigenvalue weighted by molar-refractivity contribution is 6.16. The van der Waals surface area contributed by atoms with Gasteiger partial charge in [0.15, 0.2) is 0 Å². The maximum Gasteiger partial charge on any atom is 0.338 e. The summed E-state index contributed by atoms with van der Waals surface area (Å²) >= 11 is 0. The van der Waals surface area contributed by atoms with Crippen LogP contribution >= 0.6 is 0 Å². The van der Waals surface area contributed by atoms with Crippen LogP contribution in [-0.4, -0.2) is 18.8 Å². The number of ether oxygens (including phenoxy) is 1. The van der Waals surface area contributed by atoms with Gasteiger partial charge in [0.2, 0.25) is 0 Å². The van der Waals surface area contributed by atoms with Gasteiger partial charge in [0.1, 0.15) is 6.61 Å². The van der Waals surface area contributed by atoms with Gasteiger partial charge in [0.25, 0.3) is 0 Å². The third kappa shape index (κ3) is 5.58. The molecule has 2 rings (SSSR count). The average molecular weight is 389 g/mol. The van der Waals surface area contributed by atoms with E-state index in [9.17, 15) is 4.79 Å². The Morgan fingerprint density at radius 3 is 2.59 bits per heavy atom. The summed E-state index contributed by atoms with van der Waals surface area (Å²) < 4.78 is 4.99. The summed E-state index contributed by atoms with van der Waals surface area (Å²) in [6.07, 6.45) is 9.22. The van der Waals surface area contributed by atoms with Gasteiger partial charge in [-0.15, -0.1) is 6.42 Å². The molecule has 0 atom stereocenters. The number of aryl methyl sites for hydroxylation is 1. The van der Waals surface area contributed by atoms with Crippen molar-refractivity contribution in [2.75, 3.05) is 7.11 Å². The fourth-order valence-corrected chi connectivity index (χ4v) is 3.02. The Morgan fingerprint density at radius 2 is 1.90 bits per heavy atom. The molecule has 4 nitrogen and oxygen atoms in total. The van der Waals surface area contributed by atoms with Gasteiger partial charge >= 0.3 is 5.97 Å². The topological polar surface area (TPSA) is 47.9 Å². The molecule has 2 aromatic carbocycles. The fourth-order valence-electron chi connectivity index (χ4n) is 3.02. The third-order valence-electron chi connectivity index (χ3n) is 4.63. The number of methoxy groups -OCH3 is 1. The van der Waals surface area contributed by atoms with E-state index < -0.39 is 0 Å². The monoisotopic (exact) mass is 389 g/mol. The van der Waals surface area contributed by atoms with Gasteiger partial charge < -0.3 is 9.57 Å². The highest BCUT2D eigenvalue weighted by Crippen LogP contribution is 2.25. The second-order valence-corrected chi connectivity index (χ2v) is 6.64. The fraction of sp³-hybridized carbons (Fsp3) is 0.280. The van der Waals surface area contributed by atoms with Gasteiger partial charge in [-0.1, -0.05) is 66.9 Å². The van der Waals surface area contributed by atoms with E-state index in [1.165, 1.54) is 7.11 Å². The number of esters is 1. The average Bonchev–Trinajstić information content (AvgIpc) is 2.75. The molecule has 0 aromatic heterocycles. The first-order valence-corrected chi connectivity index (χ1v) is 9.63. The van der Waals surface area contributed by atoms with Crippen LogP contribution in [0.3, 0.4) is 0 Å². The molecule has 29 heavy (non-hydrogen) atoms. The molecular weight excluding hydrogens is 362 g/mol. The lowest BCUT2D eigenvalue weighted by Crippen LogP contribution is -2.08. The van der Waals surface area contributed by atoms with Crippen molar-refractivity contribution < 1.29 is 14.4 Å². The number of allylic oxidation sites excluding steroid dienone is 1. The van der Waals surface area contributed by atoms with Crippen molar-refractivity contribution in [1.82, 2.24) is 0 Å². The van der Waals surface area contributed by atoms with E-state index in [1.807, 2.05) is 62.4 Å². The van der Waals surface area contributed by atoms with Crippen molar-refractivity contribution >= 4 is 17.3 Å². The molecule has 0 amide bonds. The van der Waals surface area contributed by atoms with Crippen LogP contribution in [0, 0.1) is 19.3 Å². The molecule has 0 saturated carbocycles. The second kappa shape index (κ2) is 10.9. The van der Waals surface area contributed by atoms with Gasteiger partial charge in [-0.2, -0.15) is 0 Å². The molecular formula is C25H27NO3. The Kier molecular flexibility index (Phi) is 8.24. The standard InChI is InChI=1S/C25H27NO3/c1-6-8-14-23(25(27)28-5)22-16-11-12-18(3)24(22)17-29-26-19(4)21-15-10-9-13-20(21)7-2/h2,9-16H,6,8,17H2,1,3-5H3/b23-14-,26-19+. The van der Waals surface area contributed by atoms with E-state index in [0.29, 0.717) is 11.3 Å². The molecule has 0 fully saturated rings. The normalized spacial score (nSPS) is 11.7. The molecule has 0 N–H and O–H groups in total. The van der Waals surface area contributed by atoms with Crippen LogP contribution in [0.15, 0.2) is 53.7 Å². The lowest BCUT2D eigenvalue weighted by molar-refractivity contribution is -0.133. The minimum Gasteiger partial charge on any atom is -0.465 e. The third-order valence-corrected chi connectivity index (χ3v) is 4.63. The zero-order chi connectivity index (χ0) is 21.2. The zero-order valence-electron chi connectivity index (χ0n) is 17.5. The highest BCUT2D eigenvalue weighted by atomic mass is 16.6. The van der Waals surface area contributed by atoms with Crippen molar-refractivity contribution in [2.24, 2.45) is 5.16 Å².